The van der Waals surface area contributed by atoms with Gasteiger partial charge in [-0.15, -0.1) is 0 Å². The Labute approximate surface area is 123 Å². The lowest BCUT2D eigenvalue weighted by Gasteiger charge is -2.23. The van der Waals surface area contributed by atoms with Crippen molar-refractivity contribution in [2.75, 3.05) is 0 Å². The Bertz CT molecular complexity index is 577. The molecule has 20 heavy (non-hydrogen) atoms. The van der Waals surface area contributed by atoms with Gasteiger partial charge in [-0.25, -0.2) is 0 Å². The summed E-state index contributed by atoms with van der Waals surface area (Å²) in [7, 11) is 0. The highest BCUT2D eigenvalue weighted by Crippen LogP contribution is 2.32. The van der Waals surface area contributed by atoms with Crippen LogP contribution in [0.2, 0.25) is 0 Å². The van der Waals surface area contributed by atoms with Crippen LogP contribution in [-0.2, 0) is 6.42 Å². The van der Waals surface area contributed by atoms with E-state index >= 15 is 0 Å². The standard InChI is InChI=1S/C20H26/c1-13(12-19-10-8-7-9-11-19)20-17(5)15(3)14(2)16(4)18(20)6/h7-11,13H,12H2,1-6H3. The molecule has 0 amide bonds. The van der Waals surface area contributed by atoms with Crippen molar-refractivity contribution in [2.45, 2.75) is 53.9 Å². The maximum absolute atomic E-state index is 2.36. The highest BCUT2D eigenvalue weighted by molar-refractivity contribution is 5.51. The molecule has 2 aromatic rings. The van der Waals surface area contributed by atoms with Gasteiger partial charge in [-0.3, -0.25) is 0 Å². The predicted molar refractivity (Wildman–Crippen MR) is 88.7 cm³/mol. The molecule has 2 aromatic carbocycles. The first-order chi connectivity index (χ1) is 9.43. The summed E-state index contributed by atoms with van der Waals surface area (Å²) in [6, 6.07) is 10.8. The second-order valence-electron chi connectivity index (χ2n) is 6.13. The van der Waals surface area contributed by atoms with E-state index in [9.17, 15) is 0 Å². The van der Waals surface area contributed by atoms with Crippen LogP contribution in [0, 0.1) is 34.6 Å². The molecule has 0 aliphatic carbocycles. The van der Waals surface area contributed by atoms with Crippen molar-refractivity contribution < 1.29 is 0 Å². The quantitative estimate of drug-likeness (QED) is 0.680. The van der Waals surface area contributed by atoms with E-state index in [4.69, 9.17) is 0 Å². The third kappa shape index (κ3) is 2.65. The lowest BCUT2D eigenvalue weighted by atomic mass is 9.82. The molecule has 0 fully saturated rings. The zero-order chi connectivity index (χ0) is 14.9. The third-order valence-electron chi connectivity index (χ3n) is 4.94. The van der Waals surface area contributed by atoms with E-state index in [-0.39, 0.29) is 0 Å². The van der Waals surface area contributed by atoms with Crippen molar-refractivity contribution in [3.8, 4) is 0 Å². The lowest BCUT2D eigenvalue weighted by molar-refractivity contribution is 0.743. The van der Waals surface area contributed by atoms with Crippen LogP contribution in [0.5, 0.6) is 0 Å². The summed E-state index contributed by atoms with van der Waals surface area (Å²) in [6.45, 7) is 13.7. The maximum atomic E-state index is 2.36. The minimum absolute atomic E-state index is 0.565. The van der Waals surface area contributed by atoms with E-state index in [1.54, 1.807) is 5.56 Å². The van der Waals surface area contributed by atoms with E-state index in [1.165, 1.54) is 33.4 Å². The SMILES string of the molecule is Cc1c(C)c(C)c(C(C)Cc2ccccc2)c(C)c1C. The molecule has 0 heteroatoms. The molecular weight excluding hydrogens is 240 g/mol. The van der Waals surface area contributed by atoms with E-state index in [0.29, 0.717) is 5.92 Å². The number of benzene rings is 2. The first kappa shape index (κ1) is 14.8. The average molecular weight is 266 g/mol. The minimum atomic E-state index is 0.565. The van der Waals surface area contributed by atoms with Crippen molar-refractivity contribution in [3.05, 3.63) is 69.3 Å². The first-order valence-electron chi connectivity index (χ1n) is 7.54. The van der Waals surface area contributed by atoms with Crippen LogP contribution in [0.3, 0.4) is 0 Å². The number of rotatable bonds is 3. The van der Waals surface area contributed by atoms with E-state index < -0.39 is 0 Å². The molecule has 0 aliphatic heterocycles. The lowest BCUT2D eigenvalue weighted by Crippen LogP contribution is -2.08. The van der Waals surface area contributed by atoms with Gasteiger partial charge in [-0.1, -0.05) is 37.3 Å². The summed E-state index contributed by atoms with van der Waals surface area (Å²) in [6.07, 6.45) is 1.12. The van der Waals surface area contributed by atoms with Crippen LogP contribution >= 0.6 is 0 Å². The Kier molecular flexibility index (Phi) is 4.32. The van der Waals surface area contributed by atoms with Gasteiger partial charge in [0.05, 0.1) is 0 Å². The fourth-order valence-corrected chi connectivity index (χ4v) is 3.34. The fraction of sp³-hybridized carbons (Fsp3) is 0.400. The molecular formula is C20H26. The molecule has 0 aliphatic rings. The largest absolute Gasteiger partial charge is 0.0622 e. The van der Waals surface area contributed by atoms with Gasteiger partial charge in [0.25, 0.3) is 0 Å². The minimum Gasteiger partial charge on any atom is -0.0622 e. The molecule has 0 radical (unpaired) electrons. The van der Waals surface area contributed by atoms with Crippen molar-refractivity contribution >= 4 is 0 Å². The van der Waals surface area contributed by atoms with Gasteiger partial charge >= 0.3 is 0 Å². The maximum Gasteiger partial charge on any atom is -0.0144 e. The van der Waals surface area contributed by atoms with Crippen LogP contribution in [-0.4, -0.2) is 0 Å². The van der Waals surface area contributed by atoms with Crippen molar-refractivity contribution in [1.29, 1.82) is 0 Å². The average Bonchev–Trinajstić information content (AvgIpc) is 2.44. The highest BCUT2D eigenvalue weighted by atomic mass is 14.2. The summed E-state index contributed by atoms with van der Waals surface area (Å²) >= 11 is 0. The van der Waals surface area contributed by atoms with Gasteiger partial charge in [0.2, 0.25) is 0 Å². The summed E-state index contributed by atoms with van der Waals surface area (Å²) < 4.78 is 0. The van der Waals surface area contributed by atoms with Crippen LogP contribution in [0.15, 0.2) is 30.3 Å². The summed E-state index contributed by atoms with van der Waals surface area (Å²) in [5.74, 6) is 0.565. The van der Waals surface area contributed by atoms with Crippen molar-refractivity contribution in [1.82, 2.24) is 0 Å². The van der Waals surface area contributed by atoms with Gasteiger partial charge in [-0.05, 0) is 85.9 Å². The Morgan fingerprint density at radius 3 is 1.65 bits per heavy atom. The molecule has 106 valence electrons. The van der Waals surface area contributed by atoms with Crippen molar-refractivity contribution in [2.24, 2.45) is 0 Å². The monoisotopic (exact) mass is 266 g/mol. The van der Waals surface area contributed by atoms with Gasteiger partial charge in [-0.2, -0.15) is 0 Å². The molecule has 0 N–H and O–H groups in total. The topological polar surface area (TPSA) is 0 Å². The molecule has 1 unspecified atom stereocenters. The molecule has 0 aromatic heterocycles. The molecule has 0 heterocycles. The van der Waals surface area contributed by atoms with Crippen LogP contribution < -0.4 is 0 Å². The summed E-state index contributed by atoms with van der Waals surface area (Å²) in [5.41, 5.74) is 10.3. The van der Waals surface area contributed by atoms with E-state index in [0.717, 1.165) is 6.42 Å². The zero-order valence-corrected chi connectivity index (χ0v) is 13.7. The van der Waals surface area contributed by atoms with Crippen LogP contribution in [0.1, 0.15) is 51.8 Å². The molecule has 0 saturated carbocycles. The zero-order valence-electron chi connectivity index (χ0n) is 13.7. The normalized spacial score (nSPS) is 12.5. The van der Waals surface area contributed by atoms with E-state index in [1.807, 2.05) is 0 Å². The van der Waals surface area contributed by atoms with Crippen LogP contribution in [0.25, 0.3) is 0 Å². The smallest absolute Gasteiger partial charge is 0.0144 e. The van der Waals surface area contributed by atoms with Gasteiger partial charge in [0, 0.05) is 0 Å². The molecule has 0 nitrogen and oxygen atoms in total. The first-order valence-corrected chi connectivity index (χ1v) is 7.54. The summed E-state index contributed by atoms with van der Waals surface area (Å²) in [5, 5.41) is 0. The van der Waals surface area contributed by atoms with Gasteiger partial charge in [0.1, 0.15) is 0 Å². The Morgan fingerprint density at radius 2 is 1.15 bits per heavy atom. The molecule has 0 spiro atoms. The Balaban J connectivity index is 2.42. The highest BCUT2D eigenvalue weighted by Gasteiger charge is 2.17. The van der Waals surface area contributed by atoms with Crippen LogP contribution in [0.4, 0.5) is 0 Å². The predicted octanol–water partition coefficient (Wildman–Crippen LogP) is 5.57. The number of hydrogen-bond donors (Lipinski definition) is 0. The second kappa shape index (κ2) is 5.83. The van der Waals surface area contributed by atoms with E-state index in [2.05, 4.69) is 71.9 Å². The summed E-state index contributed by atoms with van der Waals surface area (Å²) in [4.78, 5) is 0. The van der Waals surface area contributed by atoms with Crippen molar-refractivity contribution in [3.63, 3.8) is 0 Å². The van der Waals surface area contributed by atoms with Gasteiger partial charge in [0.15, 0.2) is 0 Å². The Hall–Kier alpha value is -1.56. The molecule has 0 bridgehead atoms. The molecule has 1 atom stereocenters. The fourth-order valence-electron chi connectivity index (χ4n) is 3.34. The third-order valence-corrected chi connectivity index (χ3v) is 4.94. The molecule has 2 rings (SSSR count). The second-order valence-corrected chi connectivity index (χ2v) is 6.13. The number of hydrogen-bond acceptors (Lipinski definition) is 0. The Morgan fingerprint density at radius 1 is 0.700 bits per heavy atom. The molecule has 0 saturated heterocycles. The van der Waals surface area contributed by atoms with Gasteiger partial charge < -0.3 is 0 Å².